The zero-order valence-electron chi connectivity index (χ0n) is 21.3. The second-order valence-corrected chi connectivity index (χ2v) is 9.62. The van der Waals surface area contributed by atoms with Crippen molar-refractivity contribution in [2.75, 3.05) is 12.5 Å². The number of aromatic nitrogens is 2. The average molecular weight is 541 g/mol. The van der Waals surface area contributed by atoms with Crippen LogP contribution in [-0.2, 0) is 4.74 Å². The average Bonchev–Trinajstić information content (AvgIpc) is 3.58. The van der Waals surface area contributed by atoms with E-state index < -0.39 is 11.9 Å². The molecule has 2 aromatic heterocycles. The molecule has 0 radical (unpaired) electrons. The summed E-state index contributed by atoms with van der Waals surface area (Å²) in [6, 6.07) is 24.5. The normalized spacial score (nSPS) is 10.7. The van der Waals surface area contributed by atoms with E-state index in [2.05, 4.69) is 20.8 Å². The van der Waals surface area contributed by atoms with Gasteiger partial charge in [-0.15, -0.1) is 0 Å². The summed E-state index contributed by atoms with van der Waals surface area (Å²) in [7, 11) is 1.23. The van der Waals surface area contributed by atoms with E-state index in [4.69, 9.17) is 13.6 Å². The molecule has 0 bridgehead atoms. The van der Waals surface area contributed by atoms with E-state index in [0.717, 1.165) is 21.6 Å². The van der Waals surface area contributed by atoms with Gasteiger partial charge in [-0.2, -0.15) is 4.98 Å². The molecule has 0 spiro atoms. The highest BCUT2D eigenvalue weighted by Gasteiger charge is 2.25. The second kappa shape index (κ2) is 11.3. The zero-order chi connectivity index (χ0) is 27.4. The quantitative estimate of drug-likeness (QED) is 0.172. The second-order valence-electron chi connectivity index (χ2n) is 8.57. The Bertz CT molecular complexity index is 1610. The first kappa shape index (κ1) is 25.8. The Morgan fingerprint density at radius 1 is 0.769 bits per heavy atom. The lowest BCUT2D eigenvalue weighted by molar-refractivity contribution is 0.0594. The first-order chi connectivity index (χ1) is 18.9. The van der Waals surface area contributed by atoms with Crippen molar-refractivity contribution in [1.82, 2.24) is 15.4 Å². The van der Waals surface area contributed by atoms with Crippen LogP contribution in [0.3, 0.4) is 0 Å². The third-order valence-corrected chi connectivity index (χ3v) is 6.63. The standard InChI is InChI=1S/C29H24N4O5S/c1-17-9-13-20(14-10-17)26-30-22(29(38-26)39-21-15-11-18(2)12-16-21)24(34)32-33-27-23(28(35)36-3)31-25(37-27)19-7-5-4-6-8-19/h4-16,33H,1-3H3,(H,32,34). The van der Waals surface area contributed by atoms with Gasteiger partial charge in [0.1, 0.15) is 0 Å². The Hall–Kier alpha value is -4.83. The first-order valence-corrected chi connectivity index (χ1v) is 12.8. The summed E-state index contributed by atoms with van der Waals surface area (Å²) in [6.45, 7) is 3.98. The number of methoxy groups -OCH3 is 1. The van der Waals surface area contributed by atoms with Gasteiger partial charge in [0, 0.05) is 16.0 Å². The maximum absolute atomic E-state index is 13.3. The van der Waals surface area contributed by atoms with Crippen LogP contribution in [0.2, 0.25) is 0 Å². The minimum Gasteiger partial charge on any atom is -0.464 e. The number of hydrogen-bond donors (Lipinski definition) is 2. The molecular formula is C29H24N4O5S. The molecule has 0 saturated carbocycles. The minimum absolute atomic E-state index is 0.0612. The number of nitrogens with one attached hydrogen (secondary N) is 2. The van der Waals surface area contributed by atoms with Gasteiger partial charge in [-0.25, -0.2) is 9.78 Å². The molecule has 5 rings (SSSR count). The van der Waals surface area contributed by atoms with Crippen molar-refractivity contribution in [3.05, 3.63) is 101 Å². The third kappa shape index (κ3) is 5.86. The fraction of sp³-hybridized carbons (Fsp3) is 0.103. The lowest BCUT2D eigenvalue weighted by atomic mass is 10.1. The maximum Gasteiger partial charge on any atom is 0.362 e. The van der Waals surface area contributed by atoms with Crippen molar-refractivity contribution >= 4 is 29.5 Å². The molecule has 0 saturated heterocycles. The van der Waals surface area contributed by atoms with Crippen molar-refractivity contribution in [1.29, 1.82) is 0 Å². The number of aryl methyl sites for hydroxylation is 2. The van der Waals surface area contributed by atoms with E-state index in [9.17, 15) is 9.59 Å². The summed E-state index contributed by atoms with van der Waals surface area (Å²) >= 11 is 1.28. The van der Waals surface area contributed by atoms with E-state index in [-0.39, 0.29) is 23.2 Å². The maximum atomic E-state index is 13.3. The van der Waals surface area contributed by atoms with Crippen LogP contribution in [0.4, 0.5) is 5.88 Å². The summed E-state index contributed by atoms with van der Waals surface area (Å²) in [5.74, 6) is -0.914. The minimum atomic E-state index is -0.726. The van der Waals surface area contributed by atoms with E-state index in [1.807, 2.05) is 80.6 Å². The molecule has 10 heteroatoms. The molecule has 0 atom stereocenters. The topological polar surface area (TPSA) is 119 Å². The van der Waals surface area contributed by atoms with Crippen LogP contribution in [0, 0.1) is 13.8 Å². The molecule has 196 valence electrons. The van der Waals surface area contributed by atoms with Crippen molar-refractivity contribution in [2.24, 2.45) is 0 Å². The Kier molecular flexibility index (Phi) is 7.46. The van der Waals surface area contributed by atoms with E-state index in [1.165, 1.54) is 18.9 Å². The number of amides is 1. The number of hydrazine groups is 1. The van der Waals surface area contributed by atoms with E-state index in [1.54, 1.807) is 12.1 Å². The van der Waals surface area contributed by atoms with Crippen LogP contribution >= 0.6 is 11.8 Å². The highest BCUT2D eigenvalue weighted by atomic mass is 32.2. The number of ether oxygens (including phenoxy) is 1. The molecule has 0 fully saturated rings. The summed E-state index contributed by atoms with van der Waals surface area (Å²) in [6.07, 6.45) is 0. The van der Waals surface area contributed by atoms with Crippen molar-refractivity contribution in [3.8, 4) is 22.9 Å². The molecule has 3 aromatic carbocycles. The monoisotopic (exact) mass is 540 g/mol. The van der Waals surface area contributed by atoms with E-state index in [0.29, 0.717) is 16.5 Å². The Morgan fingerprint density at radius 2 is 1.36 bits per heavy atom. The highest BCUT2D eigenvalue weighted by Crippen LogP contribution is 2.34. The van der Waals surface area contributed by atoms with Gasteiger partial charge in [-0.3, -0.25) is 15.6 Å². The molecular weight excluding hydrogens is 516 g/mol. The van der Waals surface area contributed by atoms with Crippen LogP contribution in [0.5, 0.6) is 0 Å². The van der Waals surface area contributed by atoms with Gasteiger partial charge in [0.15, 0.2) is 10.8 Å². The van der Waals surface area contributed by atoms with Gasteiger partial charge < -0.3 is 13.6 Å². The number of nitrogens with zero attached hydrogens (tertiary/aromatic N) is 2. The van der Waals surface area contributed by atoms with Gasteiger partial charge in [0.05, 0.1) is 7.11 Å². The number of carbonyl (C=O) groups is 2. The lowest BCUT2D eigenvalue weighted by Crippen LogP contribution is -2.30. The Morgan fingerprint density at radius 3 is 2.03 bits per heavy atom. The molecule has 2 N–H and O–H groups in total. The summed E-state index contributed by atoms with van der Waals surface area (Å²) in [4.78, 5) is 35.3. The summed E-state index contributed by atoms with van der Waals surface area (Å²) in [5.41, 5.74) is 8.72. The summed E-state index contributed by atoms with van der Waals surface area (Å²) in [5, 5.41) is 0.310. The SMILES string of the molecule is COC(=O)c1nc(-c2ccccc2)oc1NNC(=O)c1nc(-c2ccc(C)cc2)oc1Sc1ccc(C)cc1. The molecule has 39 heavy (non-hydrogen) atoms. The number of benzene rings is 3. The third-order valence-electron chi connectivity index (χ3n) is 5.66. The molecule has 0 aliphatic carbocycles. The molecule has 5 aromatic rings. The smallest absolute Gasteiger partial charge is 0.362 e. The lowest BCUT2D eigenvalue weighted by Gasteiger charge is -2.06. The van der Waals surface area contributed by atoms with Gasteiger partial charge in [0.2, 0.25) is 23.4 Å². The van der Waals surface area contributed by atoms with Gasteiger partial charge in [0.25, 0.3) is 5.91 Å². The van der Waals surface area contributed by atoms with Crippen LogP contribution in [0.1, 0.15) is 32.1 Å². The fourth-order valence-corrected chi connectivity index (χ4v) is 4.41. The number of carbonyl (C=O) groups excluding carboxylic acids is 2. The first-order valence-electron chi connectivity index (χ1n) is 11.9. The van der Waals surface area contributed by atoms with Crippen molar-refractivity contribution in [2.45, 2.75) is 23.8 Å². The largest absolute Gasteiger partial charge is 0.464 e. The predicted molar refractivity (Wildman–Crippen MR) is 146 cm³/mol. The van der Waals surface area contributed by atoms with Gasteiger partial charge in [-0.1, -0.05) is 53.6 Å². The Labute approximate surface area is 228 Å². The molecule has 0 aliphatic heterocycles. The number of rotatable bonds is 8. The molecule has 0 unspecified atom stereocenters. The van der Waals surface area contributed by atoms with Crippen molar-refractivity contribution in [3.63, 3.8) is 0 Å². The van der Waals surface area contributed by atoms with Gasteiger partial charge in [-0.05, 0) is 62.0 Å². The summed E-state index contributed by atoms with van der Waals surface area (Å²) < 4.78 is 16.6. The number of esters is 1. The molecule has 2 heterocycles. The number of hydrogen-bond acceptors (Lipinski definition) is 9. The highest BCUT2D eigenvalue weighted by molar-refractivity contribution is 7.99. The van der Waals surface area contributed by atoms with E-state index >= 15 is 0 Å². The molecule has 1 amide bonds. The van der Waals surface area contributed by atoms with Crippen LogP contribution in [0.15, 0.2) is 97.7 Å². The van der Waals surface area contributed by atoms with Crippen LogP contribution in [-0.4, -0.2) is 29.0 Å². The van der Waals surface area contributed by atoms with Crippen molar-refractivity contribution < 1.29 is 23.2 Å². The van der Waals surface area contributed by atoms with Crippen LogP contribution < -0.4 is 10.9 Å². The zero-order valence-corrected chi connectivity index (χ0v) is 22.2. The Balaban J connectivity index is 1.43. The molecule has 0 aliphatic rings. The fourth-order valence-electron chi connectivity index (χ4n) is 3.57. The van der Waals surface area contributed by atoms with Crippen LogP contribution in [0.25, 0.3) is 22.9 Å². The van der Waals surface area contributed by atoms with Gasteiger partial charge >= 0.3 is 5.97 Å². The number of anilines is 1. The predicted octanol–water partition coefficient (Wildman–Crippen LogP) is 6.31. The number of oxazole rings is 2. The molecule has 9 nitrogen and oxygen atoms in total.